The van der Waals surface area contributed by atoms with E-state index in [1.54, 1.807) is 32.4 Å². The van der Waals surface area contributed by atoms with Crippen molar-refractivity contribution in [2.75, 3.05) is 40.5 Å². The maximum atomic E-state index is 9.90. The Balaban J connectivity index is 0.00000338. The minimum absolute atomic E-state index is 0. The Morgan fingerprint density at radius 1 is 1.38 bits per heavy atom. The van der Waals surface area contributed by atoms with E-state index < -0.39 is 0 Å². The Hall–Kier alpha value is -1.26. The Morgan fingerprint density at radius 2 is 2.23 bits per heavy atom. The monoisotopic (exact) mass is 479 g/mol. The van der Waals surface area contributed by atoms with Gasteiger partial charge in [0.05, 0.1) is 19.8 Å². The number of halogens is 1. The van der Waals surface area contributed by atoms with Crippen LogP contribution < -0.4 is 15.4 Å². The first-order chi connectivity index (χ1) is 12.2. The number of phenols is 1. The molecule has 0 amide bonds. The SMILES string of the molecule is CN=C(NCCCOCC1CCCO1)NCc1cc(OC)ccc1O.I. The molecule has 3 N–H and O–H groups in total. The fraction of sp³-hybridized carbons (Fsp3) is 0.611. The molecule has 7 nitrogen and oxygen atoms in total. The van der Waals surface area contributed by atoms with E-state index in [2.05, 4.69) is 15.6 Å². The molecule has 26 heavy (non-hydrogen) atoms. The third-order valence-corrected chi connectivity index (χ3v) is 4.04. The van der Waals surface area contributed by atoms with E-state index >= 15 is 0 Å². The fourth-order valence-electron chi connectivity index (χ4n) is 2.60. The number of rotatable bonds is 9. The van der Waals surface area contributed by atoms with Crippen LogP contribution in [-0.4, -0.2) is 57.7 Å². The molecule has 148 valence electrons. The van der Waals surface area contributed by atoms with Gasteiger partial charge < -0.3 is 30.0 Å². The van der Waals surface area contributed by atoms with Gasteiger partial charge in [-0.2, -0.15) is 0 Å². The zero-order valence-corrected chi connectivity index (χ0v) is 17.8. The van der Waals surface area contributed by atoms with E-state index in [4.69, 9.17) is 14.2 Å². The number of aromatic hydroxyl groups is 1. The fourth-order valence-corrected chi connectivity index (χ4v) is 2.60. The highest BCUT2D eigenvalue weighted by atomic mass is 127. The van der Waals surface area contributed by atoms with E-state index in [1.165, 1.54) is 0 Å². The average Bonchev–Trinajstić information content (AvgIpc) is 3.15. The molecular weight excluding hydrogens is 449 g/mol. The summed E-state index contributed by atoms with van der Waals surface area (Å²) < 4.78 is 16.3. The van der Waals surface area contributed by atoms with Crippen molar-refractivity contribution in [3.8, 4) is 11.5 Å². The summed E-state index contributed by atoms with van der Waals surface area (Å²) in [7, 11) is 3.32. The number of hydrogen-bond donors (Lipinski definition) is 3. The molecule has 1 atom stereocenters. The van der Waals surface area contributed by atoms with Crippen LogP contribution in [0.4, 0.5) is 0 Å². The third kappa shape index (κ3) is 7.96. The van der Waals surface area contributed by atoms with Gasteiger partial charge in [0.1, 0.15) is 11.5 Å². The van der Waals surface area contributed by atoms with Gasteiger partial charge in [0.15, 0.2) is 5.96 Å². The molecular formula is C18H30IN3O4. The molecule has 1 unspecified atom stereocenters. The highest BCUT2D eigenvalue weighted by Crippen LogP contribution is 2.22. The van der Waals surface area contributed by atoms with Crippen molar-refractivity contribution >= 4 is 29.9 Å². The second-order valence-electron chi connectivity index (χ2n) is 5.91. The van der Waals surface area contributed by atoms with Crippen LogP contribution in [0.15, 0.2) is 23.2 Å². The lowest BCUT2D eigenvalue weighted by Gasteiger charge is -2.14. The van der Waals surface area contributed by atoms with Crippen molar-refractivity contribution < 1.29 is 19.3 Å². The topological polar surface area (TPSA) is 84.3 Å². The molecule has 0 bridgehead atoms. The Kier molecular flexibility index (Phi) is 11.4. The van der Waals surface area contributed by atoms with Gasteiger partial charge in [-0.3, -0.25) is 4.99 Å². The predicted molar refractivity (Wildman–Crippen MR) is 113 cm³/mol. The smallest absolute Gasteiger partial charge is 0.191 e. The van der Waals surface area contributed by atoms with Crippen LogP contribution in [0.1, 0.15) is 24.8 Å². The molecule has 0 radical (unpaired) electrons. The molecule has 1 aliphatic rings. The molecule has 0 spiro atoms. The zero-order chi connectivity index (χ0) is 17.9. The van der Waals surface area contributed by atoms with Crippen molar-refractivity contribution in [3.63, 3.8) is 0 Å². The number of guanidine groups is 1. The first-order valence-electron chi connectivity index (χ1n) is 8.72. The molecule has 0 saturated carbocycles. The first kappa shape index (κ1) is 22.8. The molecule has 1 saturated heterocycles. The maximum Gasteiger partial charge on any atom is 0.191 e. The van der Waals surface area contributed by atoms with Crippen LogP contribution >= 0.6 is 24.0 Å². The van der Waals surface area contributed by atoms with Crippen LogP contribution in [0, 0.1) is 0 Å². The Bertz CT molecular complexity index is 551. The largest absolute Gasteiger partial charge is 0.508 e. The number of methoxy groups -OCH3 is 1. The quantitative estimate of drug-likeness (QED) is 0.218. The number of phenolic OH excluding ortho intramolecular Hbond substituents is 1. The van der Waals surface area contributed by atoms with Crippen molar-refractivity contribution in [3.05, 3.63) is 23.8 Å². The summed E-state index contributed by atoms with van der Waals surface area (Å²) >= 11 is 0. The molecule has 0 aromatic heterocycles. The Morgan fingerprint density at radius 3 is 2.92 bits per heavy atom. The van der Waals surface area contributed by atoms with E-state index in [0.717, 1.165) is 38.0 Å². The highest BCUT2D eigenvalue weighted by Gasteiger charge is 2.14. The van der Waals surface area contributed by atoms with Crippen molar-refractivity contribution in [1.82, 2.24) is 10.6 Å². The van der Waals surface area contributed by atoms with Gasteiger partial charge in [-0.25, -0.2) is 0 Å². The van der Waals surface area contributed by atoms with Gasteiger partial charge in [0.2, 0.25) is 0 Å². The van der Waals surface area contributed by atoms with Crippen LogP contribution in [0.2, 0.25) is 0 Å². The first-order valence-corrected chi connectivity index (χ1v) is 8.72. The maximum absolute atomic E-state index is 9.90. The molecule has 1 aromatic rings. The third-order valence-electron chi connectivity index (χ3n) is 4.04. The normalized spacial score (nSPS) is 16.8. The standard InChI is InChI=1S/C18H29N3O4.HI/c1-19-18(20-8-4-9-24-13-16-5-3-10-25-16)21-12-14-11-15(23-2)6-7-17(14)22;/h6-7,11,16,22H,3-5,8-10,12-13H2,1-2H3,(H2,19,20,21);1H. The van der Waals surface area contributed by atoms with Gasteiger partial charge in [-0.1, -0.05) is 0 Å². The van der Waals surface area contributed by atoms with Gasteiger partial charge in [-0.05, 0) is 37.5 Å². The second-order valence-corrected chi connectivity index (χ2v) is 5.91. The lowest BCUT2D eigenvalue weighted by atomic mass is 10.2. The summed E-state index contributed by atoms with van der Waals surface area (Å²) in [5.74, 6) is 1.62. The number of benzene rings is 1. The van der Waals surface area contributed by atoms with Gasteiger partial charge in [0.25, 0.3) is 0 Å². The summed E-state index contributed by atoms with van der Waals surface area (Å²) in [6.07, 6.45) is 3.41. The highest BCUT2D eigenvalue weighted by molar-refractivity contribution is 14.0. The molecule has 2 rings (SSSR count). The second kappa shape index (κ2) is 13.0. The number of nitrogens with one attached hydrogen (secondary N) is 2. The molecule has 1 heterocycles. The molecule has 1 aromatic carbocycles. The Labute approximate surface area is 172 Å². The summed E-state index contributed by atoms with van der Waals surface area (Å²) in [5.41, 5.74) is 0.752. The number of hydrogen-bond acceptors (Lipinski definition) is 5. The van der Waals surface area contributed by atoms with Gasteiger partial charge in [-0.15, -0.1) is 24.0 Å². The average molecular weight is 479 g/mol. The van der Waals surface area contributed by atoms with Gasteiger partial charge in [0, 0.05) is 38.9 Å². The lowest BCUT2D eigenvalue weighted by Crippen LogP contribution is -2.37. The van der Waals surface area contributed by atoms with Crippen LogP contribution in [-0.2, 0) is 16.0 Å². The van der Waals surface area contributed by atoms with Crippen LogP contribution in [0.25, 0.3) is 0 Å². The summed E-state index contributed by atoms with van der Waals surface area (Å²) in [4.78, 5) is 4.18. The van der Waals surface area contributed by atoms with Gasteiger partial charge >= 0.3 is 0 Å². The lowest BCUT2D eigenvalue weighted by molar-refractivity contribution is 0.0168. The number of nitrogens with zero attached hydrogens (tertiary/aromatic N) is 1. The van der Waals surface area contributed by atoms with E-state index in [9.17, 15) is 5.11 Å². The van der Waals surface area contributed by atoms with E-state index in [0.29, 0.717) is 31.5 Å². The van der Waals surface area contributed by atoms with Crippen molar-refractivity contribution in [2.24, 2.45) is 4.99 Å². The predicted octanol–water partition coefficient (Wildman–Crippen LogP) is 2.27. The minimum Gasteiger partial charge on any atom is -0.508 e. The summed E-state index contributed by atoms with van der Waals surface area (Å²) in [5, 5.41) is 16.3. The van der Waals surface area contributed by atoms with Crippen LogP contribution in [0.3, 0.4) is 0 Å². The molecule has 8 heteroatoms. The minimum atomic E-state index is 0. The number of ether oxygens (including phenoxy) is 3. The van der Waals surface area contributed by atoms with E-state index in [-0.39, 0.29) is 35.8 Å². The van der Waals surface area contributed by atoms with E-state index in [1.807, 2.05) is 0 Å². The molecule has 0 aliphatic carbocycles. The molecule has 1 aliphatic heterocycles. The van der Waals surface area contributed by atoms with Crippen molar-refractivity contribution in [2.45, 2.75) is 31.9 Å². The summed E-state index contributed by atoms with van der Waals surface area (Å²) in [6, 6.07) is 5.15. The number of aliphatic imine (C=N–C) groups is 1. The zero-order valence-electron chi connectivity index (χ0n) is 15.5. The van der Waals surface area contributed by atoms with Crippen LogP contribution in [0.5, 0.6) is 11.5 Å². The molecule has 1 fully saturated rings. The summed E-state index contributed by atoms with van der Waals surface area (Å²) in [6.45, 7) is 3.45. The van der Waals surface area contributed by atoms with Crippen molar-refractivity contribution in [1.29, 1.82) is 0 Å².